The summed E-state index contributed by atoms with van der Waals surface area (Å²) >= 11 is 2.18. The second-order valence-electron chi connectivity index (χ2n) is 3.50. The van der Waals surface area contributed by atoms with Crippen molar-refractivity contribution in [3.63, 3.8) is 0 Å². The highest BCUT2D eigenvalue weighted by Crippen LogP contribution is 2.09. The van der Waals surface area contributed by atoms with Gasteiger partial charge in [0.05, 0.1) is 6.54 Å². The van der Waals surface area contributed by atoms with Crippen molar-refractivity contribution in [3.8, 4) is 0 Å². The lowest BCUT2D eigenvalue weighted by Gasteiger charge is -2.19. The van der Waals surface area contributed by atoms with Crippen LogP contribution in [-0.2, 0) is 4.79 Å². The van der Waals surface area contributed by atoms with Crippen LogP contribution in [0.2, 0.25) is 0 Å². The number of nitrogens with one attached hydrogen (secondary N) is 1. The highest BCUT2D eigenvalue weighted by atomic mass is 127. The zero-order valence-electron chi connectivity index (χ0n) is 9.87. The fraction of sp³-hybridized carbons (Fsp3) is 0.333. The van der Waals surface area contributed by atoms with Gasteiger partial charge in [-0.05, 0) is 53.8 Å². The van der Waals surface area contributed by atoms with Gasteiger partial charge in [0.1, 0.15) is 0 Å². The molecule has 0 fully saturated rings. The van der Waals surface area contributed by atoms with Crippen LogP contribution in [0.25, 0.3) is 0 Å². The van der Waals surface area contributed by atoms with Crippen LogP contribution >= 0.6 is 22.6 Å². The molecule has 1 N–H and O–H groups in total. The third-order valence-electron chi connectivity index (χ3n) is 2.37. The fourth-order valence-corrected chi connectivity index (χ4v) is 1.71. The first-order valence-electron chi connectivity index (χ1n) is 5.34. The molecule has 17 heavy (non-hydrogen) atoms. The Morgan fingerprint density at radius 2 is 1.88 bits per heavy atom. The van der Waals surface area contributed by atoms with Crippen LogP contribution < -0.4 is 5.32 Å². The van der Waals surface area contributed by atoms with Gasteiger partial charge in [0.25, 0.3) is 5.91 Å². The Bertz CT molecular complexity index is 403. The molecule has 1 rings (SSSR count). The van der Waals surface area contributed by atoms with E-state index in [1.165, 1.54) is 4.90 Å². The van der Waals surface area contributed by atoms with Crippen molar-refractivity contribution in [1.29, 1.82) is 0 Å². The van der Waals surface area contributed by atoms with E-state index in [1.54, 1.807) is 19.2 Å². The number of rotatable bonds is 4. The van der Waals surface area contributed by atoms with E-state index < -0.39 is 0 Å². The van der Waals surface area contributed by atoms with E-state index in [0.29, 0.717) is 12.1 Å². The SMILES string of the molecule is CCN(CC(=O)NC)C(=O)c1ccc(I)cc1. The standard InChI is InChI=1S/C12H15IN2O2/c1-3-15(8-11(16)14-2)12(17)9-4-6-10(13)7-5-9/h4-7H,3,8H2,1-2H3,(H,14,16). The molecule has 0 saturated carbocycles. The van der Waals surface area contributed by atoms with Crippen molar-refractivity contribution in [2.45, 2.75) is 6.92 Å². The van der Waals surface area contributed by atoms with Crippen LogP contribution in [0.1, 0.15) is 17.3 Å². The van der Waals surface area contributed by atoms with E-state index >= 15 is 0 Å². The predicted molar refractivity (Wildman–Crippen MR) is 74.8 cm³/mol. The second-order valence-corrected chi connectivity index (χ2v) is 4.75. The van der Waals surface area contributed by atoms with E-state index in [4.69, 9.17) is 0 Å². The maximum atomic E-state index is 12.1. The maximum absolute atomic E-state index is 12.1. The first-order valence-corrected chi connectivity index (χ1v) is 6.41. The molecule has 0 unspecified atom stereocenters. The highest BCUT2D eigenvalue weighted by molar-refractivity contribution is 14.1. The van der Waals surface area contributed by atoms with Crippen LogP contribution in [0.4, 0.5) is 0 Å². The van der Waals surface area contributed by atoms with E-state index in [-0.39, 0.29) is 18.4 Å². The molecule has 0 aliphatic rings. The Balaban J connectivity index is 2.78. The summed E-state index contributed by atoms with van der Waals surface area (Å²) in [5.74, 6) is -0.279. The predicted octanol–water partition coefficient (Wildman–Crippen LogP) is 1.50. The van der Waals surface area contributed by atoms with E-state index in [1.807, 2.05) is 19.1 Å². The van der Waals surface area contributed by atoms with Gasteiger partial charge in [-0.25, -0.2) is 0 Å². The molecule has 0 radical (unpaired) electrons. The molecule has 0 bridgehead atoms. The maximum Gasteiger partial charge on any atom is 0.254 e. The summed E-state index contributed by atoms with van der Waals surface area (Å²) in [6.45, 7) is 2.46. The summed E-state index contributed by atoms with van der Waals surface area (Å²) in [7, 11) is 1.56. The van der Waals surface area contributed by atoms with Crippen molar-refractivity contribution in [1.82, 2.24) is 10.2 Å². The van der Waals surface area contributed by atoms with Gasteiger partial charge in [0.15, 0.2) is 0 Å². The lowest BCUT2D eigenvalue weighted by atomic mass is 10.2. The Labute approximate surface area is 115 Å². The Kier molecular flexibility index (Phi) is 5.40. The van der Waals surface area contributed by atoms with Gasteiger partial charge >= 0.3 is 0 Å². The zero-order chi connectivity index (χ0) is 12.8. The molecule has 0 saturated heterocycles. The molecular formula is C12H15IN2O2. The number of carbonyl (C=O) groups excluding carboxylic acids is 2. The van der Waals surface area contributed by atoms with Gasteiger partial charge in [0, 0.05) is 22.7 Å². The fourth-order valence-electron chi connectivity index (χ4n) is 1.35. The largest absolute Gasteiger partial charge is 0.358 e. The smallest absolute Gasteiger partial charge is 0.254 e. The lowest BCUT2D eigenvalue weighted by molar-refractivity contribution is -0.121. The molecule has 2 amide bonds. The van der Waals surface area contributed by atoms with Crippen molar-refractivity contribution >= 4 is 34.4 Å². The minimum atomic E-state index is -0.161. The number of hydrogen-bond acceptors (Lipinski definition) is 2. The van der Waals surface area contributed by atoms with Crippen LogP contribution in [0.3, 0.4) is 0 Å². The van der Waals surface area contributed by atoms with Gasteiger partial charge in [-0.1, -0.05) is 0 Å². The van der Waals surface area contributed by atoms with Gasteiger partial charge in [-0.2, -0.15) is 0 Å². The molecule has 0 aliphatic heterocycles. The normalized spacial score (nSPS) is 9.82. The van der Waals surface area contributed by atoms with Crippen LogP contribution in [-0.4, -0.2) is 36.9 Å². The molecule has 5 heteroatoms. The molecule has 0 heterocycles. The summed E-state index contributed by atoms with van der Waals surface area (Å²) in [6, 6.07) is 7.30. The number of likely N-dealkylation sites (N-methyl/N-ethyl adjacent to an activating group) is 2. The van der Waals surface area contributed by atoms with E-state index in [0.717, 1.165) is 3.57 Å². The van der Waals surface area contributed by atoms with Crippen molar-refractivity contribution in [2.75, 3.05) is 20.1 Å². The van der Waals surface area contributed by atoms with Crippen molar-refractivity contribution in [3.05, 3.63) is 33.4 Å². The average molecular weight is 346 g/mol. The number of halogens is 1. The molecular weight excluding hydrogens is 331 g/mol. The number of benzene rings is 1. The lowest BCUT2D eigenvalue weighted by Crippen LogP contribution is -2.39. The number of carbonyl (C=O) groups is 2. The average Bonchev–Trinajstić information content (AvgIpc) is 2.35. The van der Waals surface area contributed by atoms with Gasteiger partial charge in [-0.15, -0.1) is 0 Å². The third kappa shape index (κ3) is 3.99. The summed E-state index contributed by atoms with van der Waals surface area (Å²) in [6.07, 6.45) is 0. The summed E-state index contributed by atoms with van der Waals surface area (Å²) < 4.78 is 1.08. The first kappa shape index (κ1) is 14.0. The monoisotopic (exact) mass is 346 g/mol. The van der Waals surface area contributed by atoms with Crippen molar-refractivity contribution in [2.24, 2.45) is 0 Å². The zero-order valence-corrected chi connectivity index (χ0v) is 12.0. The van der Waals surface area contributed by atoms with Crippen molar-refractivity contribution < 1.29 is 9.59 Å². The molecule has 1 aromatic carbocycles. The Morgan fingerprint density at radius 1 is 1.29 bits per heavy atom. The summed E-state index contributed by atoms with van der Waals surface area (Å²) in [5, 5.41) is 2.51. The van der Waals surface area contributed by atoms with Gasteiger partial charge < -0.3 is 10.2 Å². The number of amides is 2. The topological polar surface area (TPSA) is 49.4 Å². The molecule has 4 nitrogen and oxygen atoms in total. The van der Waals surface area contributed by atoms with Crippen LogP contribution in [0.15, 0.2) is 24.3 Å². The molecule has 0 aromatic heterocycles. The Hall–Kier alpha value is -1.11. The molecule has 0 spiro atoms. The first-order chi connectivity index (χ1) is 8.08. The number of nitrogens with zero attached hydrogens (tertiary/aromatic N) is 1. The van der Waals surface area contributed by atoms with Crippen LogP contribution in [0, 0.1) is 3.57 Å². The molecule has 0 aliphatic carbocycles. The minimum Gasteiger partial charge on any atom is -0.358 e. The minimum absolute atomic E-state index is 0.0951. The summed E-state index contributed by atoms with van der Waals surface area (Å²) in [4.78, 5) is 24.9. The molecule has 0 atom stereocenters. The number of hydrogen-bond donors (Lipinski definition) is 1. The van der Waals surface area contributed by atoms with Gasteiger partial charge in [0.2, 0.25) is 5.91 Å². The van der Waals surface area contributed by atoms with E-state index in [9.17, 15) is 9.59 Å². The Morgan fingerprint density at radius 3 is 2.35 bits per heavy atom. The van der Waals surface area contributed by atoms with Gasteiger partial charge in [-0.3, -0.25) is 9.59 Å². The molecule has 1 aromatic rings. The highest BCUT2D eigenvalue weighted by Gasteiger charge is 2.16. The second kappa shape index (κ2) is 6.58. The third-order valence-corrected chi connectivity index (χ3v) is 3.09. The quantitative estimate of drug-likeness (QED) is 0.840. The van der Waals surface area contributed by atoms with E-state index in [2.05, 4.69) is 27.9 Å². The molecule has 92 valence electrons. The van der Waals surface area contributed by atoms with Crippen LogP contribution in [0.5, 0.6) is 0 Å². The summed E-state index contributed by atoms with van der Waals surface area (Å²) in [5.41, 5.74) is 0.608.